The monoisotopic (exact) mass is 404 g/mol. The summed E-state index contributed by atoms with van der Waals surface area (Å²) >= 11 is 5.50. The van der Waals surface area contributed by atoms with E-state index in [1.165, 1.54) is 30.3 Å². The zero-order valence-electron chi connectivity index (χ0n) is 14.4. The third-order valence-corrected chi connectivity index (χ3v) is 3.50. The van der Waals surface area contributed by atoms with Gasteiger partial charge in [-0.2, -0.15) is 0 Å². The summed E-state index contributed by atoms with van der Waals surface area (Å²) in [6, 6.07) is 6.73. The highest BCUT2D eigenvalue weighted by molar-refractivity contribution is 6.32. The first kappa shape index (κ1) is 22.3. The number of primary amides is 1. The minimum absolute atomic E-state index is 0.0586. The second-order valence-electron chi connectivity index (χ2n) is 5.31. The number of aromatic hydroxyl groups is 3. The van der Waals surface area contributed by atoms with Gasteiger partial charge in [0.05, 0.1) is 17.0 Å². The Kier molecular flexibility index (Phi) is 8.34. The van der Waals surface area contributed by atoms with Crippen LogP contribution in [0, 0.1) is 17.3 Å². The number of carboxylic acid groups (broad SMARTS) is 1. The van der Waals surface area contributed by atoms with E-state index in [0.717, 1.165) is 6.21 Å². The number of rotatable bonds is 4. The van der Waals surface area contributed by atoms with Crippen LogP contribution in [0.5, 0.6) is 17.2 Å². The summed E-state index contributed by atoms with van der Waals surface area (Å²) in [7, 11) is 0. The molecule has 0 radical (unpaired) electrons. The molecule has 2 rings (SSSR count). The summed E-state index contributed by atoms with van der Waals surface area (Å²) in [6.07, 6.45) is 1.09. The maximum atomic E-state index is 10.5. The third-order valence-electron chi connectivity index (χ3n) is 3.20. The van der Waals surface area contributed by atoms with Gasteiger partial charge in [-0.3, -0.25) is 9.59 Å². The van der Waals surface area contributed by atoms with Gasteiger partial charge in [0, 0.05) is 18.2 Å². The maximum Gasteiger partial charge on any atom is 0.304 e. The molecule has 0 unspecified atom stereocenters. The van der Waals surface area contributed by atoms with Crippen molar-refractivity contribution in [2.24, 2.45) is 5.73 Å². The van der Waals surface area contributed by atoms with Crippen LogP contribution in [0.25, 0.3) is 0 Å². The molecule has 2 aromatic carbocycles. The van der Waals surface area contributed by atoms with Crippen molar-refractivity contribution < 1.29 is 30.0 Å². The zero-order chi connectivity index (χ0) is 21.3. The summed E-state index contributed by atoms with van der Waals surface area (Å²) in [6.45, 7) is 0. The first-order valence-electron chi connectivity index (χ1n) is 7.71. The van der Waals surface area contributed by atoms with Crippen molar-refractivity contribution in [3.8, 4) is 29.1 Å². The summed E-state index contributed by atoms with van der Waals surface area (Å²) in [4.78, 5) is 20.8. The highest BCUT2D eigenvalue weighted by Crippen LogP contribution is 2.29. The molecule has 9 heteroatoms. The van der Waals surface area contributed by atoms with Gasteiger partial charge in [0.15, 0.2) is 11.5 Å². The minimum Gasteiger partial charge on any atom is -0.506 e. The van der Waals surface area contributed by atoms with E-state index in [-0.39, 0.29) is 46.2 Å². The van der Waals surface area contributed by atoms with Crippen LogP contribution < -0.4 is 5.73 Å². The number of carbonyl (C=O) groups excluding carboxylic acids is 1. The van der Waals surface area contributed by atoms with Gasteiger partial charge in [-0.15, -0.1) is 0 Å². The van der Waals surface area contributed by atoms with Gasteiger partial charge in [-0.1, -0.05) is 23.4 Å². The molecule has 0 atom stereocenters. The van der Waals surface area contributed by atoms with Crippen LogP contribution in [0.1, 0.15) is 34.3 Å². The first-order chi connectivity index (χ1) is 13.1. The quantitative estimate of drug-likeness (QED) is 0.260. The molecular formula is C19H17ClN2O6. The molecule has 2 aromatic rings. The van der Waals surface area contributed by atoms with Crippen LogP contribution in [0.2, 0.25) is 5.02 Å². The molecule has 0 heterocycles. The molecule has 7 N–H and O–H groups in total. The largest absolute Gasteiger partial charge is 0.506 e. The molecule has 0 saturated carbocycles. The van der Waals surface area contributed by atoms with Crippen molar-refractivity contribution >= 4 is 29.7 Å². The molecule has 0 spiro atoms. The number of benzene rings is 2. The third kappa shape index (κ3) is 6.90. The molecular weight excluding hydrogens is 388 g/mol. The van der Waals surface area contributed by atoms with Crippen molar-refractivity contribution in [2.45, 2.75) is 12.8 Å². The molecule has 146 valence electrons. The van der Waals surface area contributed by atoms with Gasteiger partial charge >= 0.3 is 5.97 Å². The summed E-state index contributed by atoms with van der Waals surface area (Å²) < 4.78 is 0. The SMILES string of the molecule is N=Cc1cc(O)c(O)c(C#CCCC(=O)O)c1.NC(=O)c1ccc(O)c(Cl)c1. The lowest BCUT2D eigenvalue weighted by atomic mass is 10.1. The number of phenols is 3. The number of carboxylic acids is 1. The Balaban J connectivity index is 0.000000307. The van der Waals surface area contributed by atoms with Gasteiger partial charge < -0.3 is 31.6 Å². The number of nitrogens with two attached hydrogens (primary N) is 1. The highest BCUT2D eigenvalue weighted by atomic mass is 35.5. The Bertz CT molecular complexity index is 963. The topological polar surface area (TPSA) is 165 Å². The first-order valence-corrected chi connectivity index (χ1v) is 8.09. The van der Waals surface area contributed by atoms with E-state index in [1.807, 2.05) is 0 Å². The molecule has 1 amide bonds. The minimum atomic E-state index is -0.945. The average Bonchev–Trinajstić information content (AvgIpc) is 2.64. The lowest BCUT2D eigenvalue weighted by Gasteiger charge is -2.01. The summed E-state index contributed by atoms with van der Waals surface area (Å²) in [5, 5.41) is 43.3. The average molecular weight is 405 g/mol. The van der Waals surface area contributed by atoms with Crippen molar-refractivity contribution in [3.63, 3.8) is 0 Å². The number of phenolic OH excluding ortho intramolecular Hbond substituents is 3. The zero-order valence-corrected chi connectivity index (χ0v) is 15.2. The van der Waals surface area contributed by atoms with E-state index in [1.54, 1.807) is 0 Å². The van der Waals surface area contributed by atoms with E-state index < -0.39 is 11.9 Å². The lowest BCUT2D eigenvalue weighted by Crippen LogP contribution is -2.10. The van der Waals surface area contributed by atoms with Gasteiger partial charge in [-0.25, -0.2) is 0 Å². The number of hydrogen-bond donors (Lipinski definition) is 6. The Morgan fingerprint density at radius 3 is 2.36 bits per heavy atom. The fraction of sp³-hybridized carbons (Fsp3) is 0.105. The fourth-order valence-electron chi connectivity index (χ4n) is 1.81. The fourth-order valence-corrected chi connectivity index (χ4v) is 1.99. The number of halogens is 1. The lowest BCUT2D eigenvalue weighted by molar-refractivity contribution is -0.136. The molecule has 0 fully saturated rings. The molecule has 0 aliphatic heterocycles. The highest BCUT2D eigenvalue weighted by Gasteiger charge is 2.06. The van der Waals surface area contributed by atoms with Crippen LogP contribution in [-0.2, 0) is 4.79 Å². The molecule has 0 aromatic heterocycles. The number of amides is 1. The van der Waals surface area contributed by atoms with Crippen molar-refractivity contribution in [1.82, 2.24) is 0 Å². The Labute approximate surface area is 165 Å². The number of aliphatic carboxylic acids is 1. The predicted octanol–water partition coefficient (Wildman–Crippen LogP) is 2.46. The number of hydrogen-bond acceptors (Lipinski definition) is 6. The standard InChI is InChI=1S/C12H11NO4.C7H6ClNO2/c13-7-8-5-9(12(17)10(14)6-8)3-1-2-4-11(15)16;8-5-3-4(7(9)11)1-2-6(5)10/h5-7,13-14,17H,2,4H2,(H,15,16);1-3,10H,(H2,9,11). The summed E-state index contributed by atoms with van der Waals surface area (Å²) in [5.41, 5.74) is 5.82. The molecule has 0 aliphatic rings. The second kappa shape index (κ2) is 10.4. The summed E-state index contributed by atoms with van der Waals surface area (Å²) in [5.74, 6) is 2.85. The van der Waals surface area contributed by atoms with Crippen molar-refractivity contribution in [1.29, 1.82) is 5.41 Å². The van der Waals surface area contributed by atoms with Gasteiger partial charge in [0.2, 0.25) is 5.91 Å². The van der Waals surface area contributed by atoms with Crippen LogP contribution in [0.15, 0.2) is 30.3 Å². The van der Waals surface area contributed by atoms with E-state index >= 15 is 0 Å². The van der Waals surface area contributed by atoms with Crippen molar-refractivity contribution in [3.05, 3.63) is 52.0 Å². The molecule has 0 saturated heterocycles. The predicted molar refractivity (Wildman–Crippen MR) is 103 cm³/mol. The van der Waals surface area contributed by atoms with Crippen LogP contribution >= 0.6 is 11.6 Å². The smallest absolute Gasteiger partial charge is 0.304 e. The van der Waals surface area contributed by atoms with E-state index in [9.17, 15) is 19.8 Å². The second-order valence-corrected chi connectivity index (χ2v) is 5.71. The Hall–Kier alpha value is -3.70. The van der Waals surface area contributed by atoms with E-state index in [4.69, 9.17) is 33.0 Å². The van der Waals surface area contributed by atoms with Crippen LogP contribution in [0.4, 0.5) is 0 Å². The Morgan fingerprint density at radius 1 is 1.14 bits per heavy atom. The van der Waals surface area contributed by atoms with E-state index in [0.29, 0.717) is 5.56 Å². The Morgan fingerprint density at radius 2 is 1.82 bits per heavy atom. The number of nitrogens with one attached hydrogen (secondary N) is 1. The van der Waals surface area contributed by atoms with Crippen LogP contribution in [0.3, 0.4) is 0 Å². The van der Waals surface area contributed by atoms with Crippen LogP contribution in [-0.4, -0.2) is 38.5 Å². The normalized spacial score (nSPS) is 9.32. The van der Waals surface area contributed by atoms with Crippen molar-refractivity contribution in [2.75, 3.05) is 0 Å². The number of carbonyl (C=O) groups is 2. The molecule has 8 nitrogen and oxygen atoms in total. The van der Waals surface area contributed by atoms with Gasteiger partial charge in [0.25, 0.3) is 0 Å². The molecule has 0 bridgehead atoms. The maximum absolute atomic E-state index is 10.5. The van der Waals surface area contributed by atoms with Gasteiger partial charge in [0.1, 0.15) is 5.75 Å². The molecule has 28 heavy (non-hydrogen) atoms. The van der Waals surface area contributed by atoms with Gasteiger partial charge in [-0.05, 0) is 35.9 Å². The van der Waals surface area contributed by atoms with E-state index in [2.05, 4.69) is 11.8 Å². The molecule has 0 aliphatic carbocycles.